The van der Waals surface area contributed by atoms with Crippen LogP contribution >= 0.6 is 0 Å². The van der Waals surface area contributed by atoms with Gasteiger partial charge < -0.3 is 10.4 Å². The van der Waals surface area contributed by atoms with Gasteiger partial charge in [0.25, 0.3) is 0 Å². The molecule has 2 N–H and O–H groups in total. The van der Waals surface area contributed by atoms with E-state index in [1.807, 2.05) is 6.20 Å². The molecule has 2 heterocycles. The molecule has 1 aliphatic heterocycles. The van der Waals surface area contributed by atoms with Crippen molar-refractivity contribution in [3.63, 3.8) is 0 Å². The SMILES string of the molecule is CCNc1ccc(CN2CCCN(CCO)CC2)cn1. The van der Waals surface area contributed by atoms with Gasteiger partial charge in [-0.25, -0.2) is 4.98 Å². The van der Waals surface area contributed by atoms with E-state index in [0.717, 1.165) is 51.6 Å². The van der Waals surface area contributed by atoms with Crippen LogP contribution in [0.1, 0.15) is 18.9 Å². The van der Waals surface area contributed by atoms with Gasteiger partial charge in [-0.1, -0.05) is 6.07 Å². The first-order valence-electron chi connectivity index (χ1n) is 7.56. The van der Waals surface area contributed by atoms with Crippen molar-refractivity contribution in [1.29, 1.82) is 0 Å². The number of nitrogens with zero attached hydrogens (tertiary/aromatic N) is 3. The Kier molecular flexibility index (Phi) is 6.24. The van der Waals surface area contributed by atoms with Crippen LogP contribution in [0.2, 0.25) is 0 Å². The van der Waals surface area contributed by atoms with Crippen molar-refractivity contribution >= 4 is 5.82 Å². The van der Waals surface area contributed by atoms with Gasteiger partial charge in [-0.15, -0.1) is 0 Å². The standard InChI is InChI=1S/C15H26N4O/c1-2-16-15-5-4-14(12-17-15)13-19-7-3-6-18(8-9-19)10-11-20/h4-5,12,20H,2-3,6-11,13H2,1H3,(H,16,17). The summed E-state index contributed by atoms with van der Waals surface area (Å²) in [5.41, 5.74) is 1.27. The van der Waals surface area contributed by atoms with Crippen LogP contribution in [0, 0.1) is 0 Å². The molecule has 0 spiro atoms. The predicted molar refractivity (Wildman–Crippen MR) is 81.8 cm³/mol. The van der Waals surface area contributed by atoms with Crippen LogP contribution in [0.5, 0.6) is 0 Å². The molecular weight excluding hydrogens is 252 g/mol. The van der Waals surface area contributed by atoms with Crippen LogP contribution in [-0.4, -0.2) is 65.8 Å². The van der Waals surface area contributed by atoms with E-state index in [4.69, 9.17) is 5.11 Å². The zero-order valence-corrected chi connectivity index (χ0v) is 12.4. The van der Waals surface area contributed by atoms with Gasteiger partial charge in [0.2, 0.25) is 0 Å². The van der Waals surface area contributed by atoms with Gasteiger partial charge in [0.15, 0.2) is 0 Å². The number of pyridine rings is 1. The molecule has 0 unspecified atom stereocenters. The van der Waals surface area contributed by atoms with Crippen molar-refractivity contribution < 1.29 is 5.11 Å². The van der Waals surface area contributed by atoms with Gasteiger partial charge in [0.1, 0.15) is 5.82 Å². The lowest BCUT2D eigenvalue weighted by molar-refractivity contribution is 0.196. The molecule has 0 aliphatic carbocycles. The van der Waals surface area contributed by atoms with Gasteiger partial charge in [-0.05, 0) is 38.1 Å². The summed E-state index contributed by atoms with van der Waals surface area (Å²) in [4.78, 5) is 9.23. The van der Waals surface area contributed by atoms with Crippen molar-refractivity contribution in [1.82, 2.24) is 14.8 Å². The predicted octanol–water partition coefficient (Wildman–Crippen LogP) is 1.01. The van der Waals surface area contributed by atoms with E-state index in [2.05, 4.69) is 39.2 Å². The van der Waals surface area contributed by atoms with E-state index in [1.165, 1.54) is 12.0 Å². The zero-order valence-electron chi connectivity index (χ0n) is 12.4. The third-order valence-corrected chi connectivity index (χ3v) is 3.69. The third kappa shape index (κ3) is 4.74. The lowest BCUT2D eigenvalue weighted by Gasteiger charge is -2.21. The van der Waals surface area contributed by atoms with E-state index < -0.39 is 0 Å². The largest absolute Gasteiger partial charge is 0.395 e. The first kappa shape index (κ1) is 15.2. The van der Waals surface area contributed by atoms with Crippen molar-refractivity contribution in [3.05, 3.63) is 23.9 Å². The minimum atomic E-state index is 0.260. The lowest BCUT2D eigenvalue weighted by atomic mass is 10.2. The Bertz CT molecular complexity index is 382. The molecule has 0 amide bonds. The van der Waals surface area contributed by atoms with Crippen LogP contribution in [0.25, 0.3) is 0 Å². The fraction of sp³-hybridized carbons (Fsp3) is 0.667. The molecular formula is C15H26N4O. The summed E-state index contributed by atoms with van der Waals surface area (Å²) in [6, 6.07) is 4.20. The summed E-state index contributed by atoms with van der Waals surface area (Å²) in [7, 11) is 0. The van der Waals surface area contributed by atoms with Crippen molar-refractivity contribution in [2.45, 2.75) is 19.9 Å². The second-order valence-corrected chi connectivity index (χ2v) is 5.28. The number of hydrogen-bond donors (Lipinski definition) is 2. The van der Waals surface area contributed by atoms with Crippen molar-refractivity contribution in [2.24, 2.45) is 0 Å². The normalized spacial score (nSPS) is 17.9. The van der Waals surface area contributed by atoms with E-state index in [0.29, 0.717) is 0 Å². The highest BCUT2D eigenvalue weighted by molar-refractivity contribution is 5.35. The highest BCUT2D eigenvalue weighted by atomic mass is 16.3. The highest BCUT2D eigenvalue weighted by Crippen LogP contribution is 2.10. The monoisotopic (exact) mass is 278 g/mol. The average molecular weight is 278 g/mol. The molecule has 1 aromatic heterocycles. The summed E-state index contributed by atoms with van der Waals surface area (Å²) in [5.74, 6) is 0.946. The zero-order chi connectivity index (χ0) is 14.2. The summed E-state index contributed by atoms with van der Waals surface area (Å²) in [6.45, 7) is 9.32. The highest BCUT2D eigenvalue weighted by Gasteiger charge is 2.14. The molecule has 0 radical (unpaired) electrons. The molecule has 112 valence electrons. The van der Waals surface area contributed by atoms with E-state index in [9.17, 15) is 0 Å². The molecule has 1 saturated heterocycles. The molecule has 2 rings (SSSR count). The number of β-amino-alcohol motifs (C(OH)–C–C–N with tert-alkyl or cyclic N) is 1. The van der Waals surface area contributed by atoms with Crippen LogP contribution < -0.4 is 5.32 Å². The van der Waals surface area contributed by atoms with Gasteiger partial charge >= 0.3 is 0 Å². The molecule has 0 saturated carbocycles. The molecule has 1 fully saturated rings. The van der Waals surface area contributed by atoms with Crippen LogP contribution in [0.15, 0.2) is 18.3 Å². The van der Waals surface area contributed by atoms with Gasteiger partial charge in [0.05, 0.1) is 6.61 Å². The Morgan fingerprint density at radius 3 is 2.70 bits per heavy atom. The number of hydrogen-bond acceptors (Lipinski definition) is 5. The molecule has 0 bridgehead atoms. The van der Waals surface area contributed by atoms with E-state index in [1.54, 1.807) is 0 Å². The molecule has 5 heteroatoms. The number of nitrogens with one attached hydrogen (secondary N) is 1. The summed E-state index contributed by atoms with van der Waals surface area (Å²) < 4.78 is 0. The fourth-order valence-electron chi connectivity index (χ4n) is 2.61. The molecule has 20 heavy (non-hydrogen) atoms. The maximum absolute atomic E-state index is 9.01. The van der Waals surface area contributed by atoms with Crippen molar-refractivity contribution in [2.75, 3.05) is 51.2 Å². The maximum Gasteiger partial charge on any atom is 0.125 e. The van der Waals surface area contributed by atoms with E-state index >= 15 is 0 Å². The van der Waals surface area contributed by atoms with E-state index in [-0.39, 0.29) is 6.61 Å². The Morgan fingerprint density at radius 1 is 1.20 bits per heavy atom. The second-order valence-electron chi connectivity index (χ2n) is 5.28. The van der Waals surface area contributed by atoms with Crippen LogP contribution in [0.3, 0.4) is 0 Å². The van der Waals surface area contributed by atoms with Gasteiger partial charge in [0, 0.05) is 38.9 Å². The molecule has 5 nitrogen and oxygen atoms in total. The Labute approximate surface area is 121 Å². The lowest BCUT2D eigenvalue weighted by Crippen LogP contribution is -2.32. The Balaban J connectivity index is 1.83. The molecule has 0 aromatic carbocycles. The number of aliphatic hydroxyl groups excluding tert-OH is 1. The molecule has 1 aliphatic rings. The smallest absolute Gasteiger partial charge is 0.125 e. The van der Waals surface area contributed by atoms with Crippen molar-refractivity contribution in [3.8, 4) is 0 Å². The number of aromatic nitrogens is 1. The number of anilines is 1. The fourth-order valence-corrected chi connectivity index (χ4v) is 2.61. The van der Waals surface area contributed by atoms with Gasteiger partial charge in [-0.2, -0.15) is 0 Å². The average Bonchev–Trinajstić information content (AvgIpc) is 2.68. The van der Waals surface area contributed by atoms with Crippen LogP contribution in [0.4, 0.5) is 5.82 Å². The Morgan fingerprint density at radius 2 is 2.00 bits per heavy atom. The number of rotatable bonds is 6. The third-order valence-electron chi connectivity index (χ3n) is 3.69. The first-order valence-corrected chi connectivity index (χ1v) is 7.56. The quantitative estimate of drug-likeness (QED) is 0.813. The second kappa shape index (κ2) is 8.19. The minimum absolute atomic E-state index is 0.260. The molecule has 0 atom stereocenters. The Hall–Kier alpha value is -1.17. The number of aliphatic hydroxyl groups is 1. The topological polar surface area (TPSA) is 51.6 Å². The van der Waals surface area contributed by atoms with Gasteiger partial charge in [-0.3, -0.25) is 9.80 Å². The summed E-state index contributed by atoms with van der Waals surface area (Å²) in [6.07, 6.45) is 3.14. The summed E-state index contributed by atoms with van der Waals surface area (Å²) >= 11 is 0. The maximum atomic E-state index is 9.01. The molecule has 1 aromatic rings. The summed E-state index contributed by atoms with van der Waals surface area (Å²) in [5, 5.41) is 12.2. The van der Waals surface area contributed by atoms with Crippen LogP contribution in [-0.2, 0) is 6.54 Å². The first-order chi connectivity index (χ1) is 9.81. The minimum Gasteiger partial charge on any atom is -0.395 e.